The predicted octanol–water partition coefficient (Wildman–Crippen LogP) is -0.171. The van der Waals surface area contributed by atoms with Crippen molar-refractivity contribution in [3.05, 3.63) is 35.9 Å². The maximum atomic E-state index is 12.6. The molecule has 0 aromatic heterocycles. The van der Waals surface area contributed by atoms with Crippen LogP contribution in [0.4, 0.5) is 4.79 Å². The Morgan fingerprint density at radius 1 is 1.07 bits per heavy atom. The monoisotopic (exact) mass is 405 g/mol. The standard InChI is InChI=1S/C20H31N5O4/c1-13(2)17(19(28)24-15(12-26)9-6-10-23-20(22)29)25-18(27)16(21)11-14-7-4-3-5-8-14/h3-5,7-8,12-13,15-17H,6,9-11,21H2,1-2H3,(H,24,28)(H,25,27)(H3,22,23,29)/t15-,16-,17-/m1/s1. The zero-order chi connectivity index (χ0) is 21.8. The predicted molar refractivity (Wildman–Crippen MR) is 110 cm³/mol. The molecule has 9 nitrogen and oxygen atoms in total. The van der Waals surface area contributed by atoms with Crippen LogP contribution in [0.15, 0.2) is 30.3 Å². The minimum Gasteiger partial charge on any atom is -0.352 e. The molecule has 0 saturated heterocycles. The molecule has 0 heterocycles. The number of benzene rings is 1. The summed E-state index contributed by atoms with van der Waals surface area (Å²) in [6.45, 7) is 3.88. The highest BCUT2D eigenvalue weighted by atomic mass is 16.2. The number of urea groups is 1. The van der Waals surface area contributed by atoms with E-state index >= 15 is 0 Å². The van der Waals surface area contributed by atoms with Gasteiger partial charge in [-0.15, -0.1) is 0 Å². The van der Waals surface area contributed by atoms with Crippen LogP contribution in [0, 0.1) is 5.92 Å². The van der Waals surface area contributed by atoms with E-state index in [2.05, 4.69) is 16.0 Å². The van der Waals surface area contributed by atoms with Crippen molar-refractivity contribution >= 4 is 24.1 Å². The fraction of sp³-hybridized carbons (Fsp3) is 0.500. The average Bonchev–Trinajstić information content (AvgIpc) is 2.68. The Hall–Kier alpha value is -2.94. The molecule has 0 bridgehead atoms. The Labute approximate surface area is 171 Å². The van der Waals surface area contributed by atoms with E-state index in [1.807, 2.05) is 30.3 Å². The van der Waals surface area contributed by atoms with Crippen molar-refractivity contribution in [2.24, 2.45) is 17.4 Å². The number of amides is 4. The van der Waals surface area contributed by atoms with Gasteiger partial charge in [0.2, 0.25) is 11.8 Å². The van der Waals surface area contributed by atoms with E-state index < -0.39 is 36.0 Å². The number of carbonyl (C=O) groups excluding carboxylic acids is 4. The van der Waals surface area contributed by atoms with Crippen LogP contribution in [0.25, 0.3) is 0 Å². The van der Waals surface area contributed by atoms with Crippen molar-refractivity contribution in [2.45, 2.75) is 51.2 Å². The zero-order valence-corrected chi connectivity index (χ0v) is 16.9. The van der Waals surface area contributed by atoms with Crippen LogP contribution in [-0.4, -0.2) is 48.8 Å². The minimum atomic E-state index is -0.824. The number of nitrogens with two attached hydrogens (primary N) is 2. The second kappa shape index (κ2) is 12.5. The molecule has 0 aliphatic rings. The lowest BCUT2D eigenvalue weighted by Gasteiger charge is -2.25. The summed E-state index contributed by atoms with van der Waals surface area (Å²) in [5, 5.41) is 7.72. The Balaban J connectivity index is 2.60. The number of carbonyl (C=O) groups is 4. The van der Waals surface area contributed by atoms with Crippen molar-refractivity contribution in [2.75, 3.05) is 6.54 Å². The summed E-state index contributed by atoms with van der Waals surface area (Å²) >= 11 is 0. The Bertz CT molecular complexity index is 681. The summed E-state index contributed by atoms with van der Waals surface area (Å²) in [5.41, 5.74) is 11.9. The van der Waals surface area contributed by atoms with Crippen LogP contribution in [0.2, 0.25) is 0 Å². The van der Waals surface area contributed by atoms with Gasteiger partial charge in [-0.1, -0.05) is 44.2 Å². The molecule has 1 aromatic carbocycles. The van der Waals surface area contributed by atoms with Crippen LogP contribution in [-0.2, 0) is 20.8 Å². The van der Waals surface area contributed by atoms with Crippen molar-refractivity contribution in [1.29, 1.82) is 0 Å². The van der Waals surface area contributed by atoms with Crippen LogP contribution >= 0.6 is 0 Å². The van der Waals surface area contributed by atoms with Gasteiger partial charge in [0.15, 0.2) is 0 Å². The zero-order valence-electron chi connectivity index (χ0n) is 16.9. The first kappa shape index (κ1) is 24.1. The van der Waals surface area contributed by atoms with Gasteiger partial charge in [-0.25, -0.2) is 4.79 Å². The summed E-state index contributed by atoms with van der Waals surface area (Å²) in [6, 6.07) is 6.36. The summed E-state index contributed by atoms with van der Waals surface area (Å²) in [5.74, 6) is -1.09. The van der Waals surface area contributed by atoms with Crippen LogP contribution in [0.3, 0.4) is 0 Å². The molecule has 0 saturated carbocycles. The molecular weight excluding hydrogens is 374 g/mol. The highest BCUT2D eigenvalue weighted by molar-refractivity contribution is 5.91. The Morgan fingerprint density at radius 3 is 2.28 bits per heavy atom. The third kappa shape index (κ3) is 9.20. The van der Waals surface area contributed by atoms with Crippen molar-refractivity contribution in [3.63, 3.8) is 0 Å². The van der Waals surface area contributed by atoms with E-state index in [0.29, 0.717) is 32.1 Å². The topological polar surface area (TPSA) is 156 Å². The summed E-state index contributed by atoms with van der Waals surface area (Å²) in [7, 11) is 0. The molecule has 0 unspecified atom stereocenters. The molecule has 160 valence electrons. The van der Waals surface area contributed by atoms with E-state index in [4.69, 9.17) is 11.5 Å². The number of hydrogen-bond acceptors (Lipinski definition) is 5. The maximum absolute atomic E-state index is 12.6. The molecule has 0 aliphatic heterocycles. The molecule has 9 heteroatoms. The van der Waals surface area contributed by atoms with Gasteiger partial charge in [0.1, 0.15) is 12.3 Å². The first-order valence-electron chi connectivity index (χ1n) is 9.63. The van der Waals surface area contributed by atoms with Crippen molar-refractivity contribution in [1.82, 2.24) is 16.0 Å². The van der Waals surface area contributed by atoms with Gasteiger partial charge in [0.25, 0.3) is 0 Å². The third-order valence-electron chi connectivity index (χ3n) is 4.37. The van der Waals surface area contributed by atoms with Gasteiger partial charge in [0.05, 0.1) is 12.1 Å². The number of aldehydes is 1. The maximum Gasteiger partial charge on any atom is 0.312 e. The SMILES string of the molecule is CC(C)[C@@H](NC(=O)[C@H](N)Cc1ccccc1)C(=O)N[C@@H](C=O)CCCNC(N)=O. The molecule has 0 spiro atoms. The number of nitrogens with one attached hydrogen (secondary N) is 3. The third-order valence-corrected chi connectivity index (χ3v) is 4.37. The second-order valence-corrected chi connectivity index (χ2v) is 7.21. The lowest BCUT2D eigenvalue weighted by molar-refractivity contribution is -0.131. The first-order chi connectivity index (χ1) is 13.7. The van der Waals surface area contributed by atoms with Crippen LogP contribution < -0.4 is 27.4 Å². The summed E-state index contributed by atoms with van der Waals surface area (Å²) in [6.07, 6.45) is 1.78. The van der Waals surface area contributed by atoms with Gasteiger partial charge >= 0.3 is 6.03 Å². The lowest BCUT2D eigenvalue weighted by Crippen LogP contribution is -2.55. The molecule has 7 N–H and O–H groups in total. The normalized spacial score (nSPS) is 13.8. The molecule has 3 atom stereocenters. The van der Waals surface area contributed by atoms with Gasteiger partial charge in [-0.3, -0.25) is 9.59 Å². The van der Waals surface area contributed by atoms with Crippen molar-refractivity contribution in [3.8, 4) is 0 Å². The molecule has 0 aliphatic carbocycles. The summed E-state index contributed by atoms with van der Waals surface area (Å²) in [4.78, 5) is 47.0. The molecule has 1 aromatic rings. The molecule has 0 radical (unpaired) electrons. The van der Waals surface area contributed by atoms with E-state index in [1.54, 1.807) is 13.8 Å². The van der Waals surface area contributed by atoms with E-state index in [-0.39, 0.29) is 5.92 Å². The Morgan fingerprint density at radius 2 is 1.72 bits per heavy atom. The number of primary amides is 1. The van der Waals surface area contributed by atoms with Crippen LogP contribution in [0.5, 0.6) is 0 Å². The fourth-order valence-electron chi connectivity index (χ4n) is 2.74. The summed E-state index contributed by atoms with van der Waals surface area (Å²) < 4.78 is 0. The average molecular weight is 405 g/mol. The van der Waals surface area contributed by atoms with Crippen molar-refractivity contribution < 1.29 is 19.2 Å². The van der Waals surface area contributed by atoms with E-state index in [0.717, 1.165) is 5.56 Å². The number of hydrogen-bond donors (Lipinski definition) is 5. The van der Waals surface area contributed by atoms with Crippen LogP contribution in [0.1, 0.15) is 32.3 Å². The first-order valence-corrected chi connectivity index (χ1v) is 9.63. The fourth-order valence-corrected chi connectivity index (χ4v) is 2.74. The molecule has 4 amide bonds. The quantitative estimate of drug-likeness (QED) is 0.241. The second-order valence-electron chi connectivity index (χ2n) is 7.21. The number of rotatable bonds is 12. The smallest absolute Gasteiger partial charge is 0.312 e. The lowest BCUT2D eigenvalue weighted by atomic mass is 10.0. The van der Waals surface area contributed by atoms with Gasteiger partial charge < -0.3 is 32.2 Å². The van der Waals surface area contributed by atoms with Gasteiger partial charge in [0, 0.05) is 6.54 Å². The molecule has 29 heavy (non-hydrogen) atoms. The largest absolute Gasteiger partial charge is 0.352 e. The van der Waals surface area contributed by atoms with Gasteiger partial charge in [-0.05, 0) is 30.7 Å². The minimum absolute atomic E-state index is 0.202. The Kier molecular flexibility index (Phi) is 10.4. The van der Waals surface area contributed by atoms with E-state index in [1.165, 1.54) is 0 Å². The molecule has 0 fully saturated rings. The van der Waals surface area contributed by atoms with E-state index in [9.17, 15) is 19.2 Å². The molecule has 1 rings (SSSR count). The molecular formula is C20H31N5O4. The highest BCUT2D eigenvalue weighted by Gasteiger charge is 2.28. The van der Waals surface area contributed by atoms with Gasteiger partial charge in [-0.2, -0.15) is 0 Å². The highest BCUT2D eigenvalue weighted by Crippen LogP contribution is 2.06.